The standard InChI is InChI=1S/C20H14BrNO/c21-13-14-6-8-16(9-7-14)20-22-18-12-17(10-11-19(18)23-20)15-4-2-1-3-5-15/h1-12H,13H2. The highest BCUT2D eigenvalue weighted by Crippen LogP contribution is 2.28. The molecule has 3 heteroatoms. The number of fused-ring (bicyclic) bond motifs is 1. The fourth-order valence-electron chi connectivity index (χ4n) is 2.60. The molecule has 0 amide bonds. The van der Waals surface area contributed by atoms with Gasteiger partial charge in [0.25, 0.3) is 0 Å². The Kier molecular flexibility index (Phi) is 3.72. The average Bonchev–Trinajstić information content (AvgIpc) is 3.06. The Balaban J connectivity index is 1.75. The largest absolute Gasteiger partial charge is 0.436 e. The highest BCUT2D eigenvalue weighted by atomic mass is 79.9. The molecule has 0 spiro atoms. The molecule has 0 saturated carbocycles. The molecule has 0 atom stereocenters. The van der Waals surface area contributed by atoms with Crippen molar-refractivity contribution in [2.45, 2.75) is 5.33 Å². The average molecular weight is 364 g/mol. The normalized spacial score (nSPS) is 11.0. The molecule has 1 aromatic heterocycles. The van der Waals surface area contributed by atoms with Crippen LogP contribution in [-0.2, 0) is 5.33 Å². The molecule has 0 aliphatic rings. The van der Waals surface area contributed by atoms with Crippen LogP contribution in [0, 0.1) is 0 Å². The smallest absolute Gasteiger partial charge is 0.227 e. The maximum absolute atomic E-state index is 5.90. The fourth-order valence-corrected chi connectivity index (χ4v) is 2.97. The number of hydrogen-bond acceptors (Lipinski definition) is 2. The van der Waals surface area contributed by atoms with Gasteiger partial charge in [-0.3, -0.25) is 0 Å². The predicted molar refractivity (Wildman–Crippen MR) is 97.5 cm³/mol. The van der Waals surface area contributed by atoms with Crippen LogP contribution >= 0.6 is 15.9 Å². The summed E-state index contributed by atoms with van der Waals surface area (Å²) in [5.41, 5.74) is 6.24. The van der Waals surface area contributed by atoms with Crippen LogP contribution in [0.15, 0.2) is 77.2 Å². The summed E-state index contributed by atoms with van der Waals surface area (Å²) in [5.74, 6) is 0.659. The number of halogens is 1. The topological polar surface area (TPSA) is 26.0 Å². The van der Waals surface area contributed by atoms with Crippen molar-refractivity contribution in [2.24, 2.45) is 0 Å². The van der Waals surface area contributed by atoms with Crippen molar-refractivity contribution < 1.29 is 4.42 Å². The van der Waals surface area contributed by atoms with Gasteiger partial charge < -0.3 is 4.42 Å². The third-order valence-electron chi connectivity index (χ3n) is 3.85. The summed E-state index contributed by atoms with van der Waals surface area (Å²) in [6.45, 7) is 0. The van der Waals surface area contributed by atoms with E-state index in [0.29, 0.717) is 5.89 Å². The van der Waals surface area contributed by atoms with Gasteiger partial charge in [0.15, 0.2) is 5.58 Å². The zero-order valence-electron chi connectivity index (χ0n) is 12.4. The maximum atomic E-state index is 5.90. The minimum absolute atomic E-state index is 0.659. The van der Waals surface area contributed by atoms with Crippen LogP contribution in [0.5, 0.6) is 0 Å². The Morgan fingerprint density at radius 2 is 1.52 bits per heavy atom. The van der Waals surface area contributed by atoms with E-state index in [1.54, 1.807) is 0 Å². The van der Waals surface area contributed by atoms with Gasteiger partial charge >= 0.3 is 0 Å². The zero-order chi connectivity index (χ0) is 15.6. The molecular formula is C20H14BrNO. The van der Waals surface area contributed by atoms with E-state index in [4.69, 9.17) is 4.42 Å². The second-order valence-electron chi connectivity index (χ2n) is 5.40. The quantitative estimate of drug-likeness (QED) is 0.413. The lowest BCUT2D eigenvalue weighted by molar-refractivity contribution is 0.620. The van der Waals surface area contributed by atoms with Crippen molar-refractivity contribution in [3.05, 3.63) is 78.4 Å². The number of nitrogens with zero attached hydrogens (tertiary/aromatic N) is 1. The van der Waals surface area contributed by atoms with Crippen molar-refractivity contribution in [2.75, 3.05) is 0 Å². The molecule has 2 nitrogen and oxygen atoms in total. The summed E-state index contributed by atoms with van der Waals surface area (Å²) >= 11 is 3.46. The molecule has 112 valence electrons. The minimum Gasteiger partial charge on any atom is -0.436 e. The van der Waals surface area contributed by atoms with E-state index in [9.17, 15) is 0 Å². The van der Waals surface area contributed by atoms with Gasteiger partial charge in [-0.25, -0.2) is 4.98 Å². The lowest BCUT2D eigenvalue weighted by Crippen LogP contribution is -1.80. The Labute approximate surface area is 142 Å². The Morgan fingerprint density at radius 1 is 0.783 bits per heavy atom. The fraction of sp³-hybridized carbons (Fsp3) is 0.0500. The molecule has 23 heavy (non-hydrogen) atoms. The molecule has 4 aromatic rings. The first kappa shape index (κ1) is 14.2. The summed E-state index contributed by atoms with van der Waals surface area (Å²) < 4.78 is 5.90. The van der Waals surface area contributed by atoms with E-state index < -0.39 is 0 Å². The van der Waals surface area contributed by atoms with E-state index in [-0.39, 0.29) is 0 Å². The number of rotatable bonds is 3. The first-order valence-corrected chi connectivity index (χ1v) is 8.57. The lowest BCUT2D eigenvalue weighted by Gasteiger charge is -1.99. The third kappa shape index (κ3) is 2.80. The van der Waals surface area contributed by atoms with E-state index in [0.717, 1.165) is 27.6 Å². The van der Waals surface area contributed by atoms with Crippen LogP contribution in [0.4, 0.5) is 0 Å². The summed E-state index contributed by atoms with van der Waals surface area (Å²) in [7, 11) is 0. The van der Waals surface area contributed by atoms with Crippen LogP contribution < -0.4 is 0 Å². The van der Waals surface area contributed by atoms with E-state index in [1.807, 2.05) is 36.4 Å². The van der Waals surface area contributed by atoms with E-state index in [1.165, 1.54) is 11.1 Å². The molecule has 3 aromatic carbocycles. The number of aromatic nitrogens is 1. The Bertz CT molecular complexity index is 942. The van der Waals surface area contributed by atoms with Gasteiger partial charge in [0.2, 0.25) is 5.89 Å². The second-order valence-corrected chi connectivity index (χ2v) is 5.96. The number of oxazole rings is 1. The highest BCUT2D eigenvalue weighted by Gasteiger charge is 2.09. The molecule has 0 N–H and O–H groups in total. The van der Waals surface area contributed by atoms with Crippen molar-refractivity contribution in [3.8, 4) is 22.6 Å². The summed E-state index contributed by atoms with van der Waals surface area (Å²) in [5, 5.41) is 0.848. The van der Waals surface area contributed by atoms with Crippen LogP contribution in [0.25, 0.3) is 33.7 Å². The molecule has 0 bridgehead atoms. The SMILES string of the molecule is BrCc1ccc(-c2nc3cc(-c4ccccc4)ccc3o2)cc1. The monoisotopic (exact) mass is 363 g/mol. The van der Waals surface area contributed by atoms with Crippen molar-refractivity contribution in [1.82, 2.24) is 4.98 Å². The predicted octanol–water partition coefficient (Wildman–Crippen LogP) is 6.06. The summed E-state index contributed by atoms with van der Waals surface area (Å²) in [6, 6.07) is 24.7. The second kappa shape index (κ2) is 6.01. The van der Waals surface area contributed by atoms with Crippen LogP contribution in [0.1, 0.15) is 5.56 Å². The van der Waals surface area contributed by atoms with Crippen molar-refractivity contribution >= 4 is 27.0 Å². The van der Waals surface area contributed by atoms with Gasteiger partial charge in [-0.15, -0.1) is 0 Å². The van der Waals surface area contributed by atoms with Gasteiger partial charge in [0.1, 0.15) is 5.52 Å². The minimum atomic E-state index is 0.659. The molecule has 0 saturated heterocycles. The number of hydrogen-bond donors (Lipinski definition) is 0. The Morgan fingerprint density at radius 3 is 2.26 bits per heavy atom. The van der Waals surface area contributed by atoms with Gasteiger partial charge in [0.05, 0.1) is 0 Å². The Hall–Kier alpha value is -2.39. The van der Waals surface area contributed by atoms with Gasteiger partial charge in [-0.05, 0) is 41.0 Å². The lowest BCUT2D eigenvalue weighted by atomic mass is 10.1. The summed E-state index contributed by atoms with van der Waals surface area (Å²) in [4.78, 5) is 4.65. The molecule has 0 aliphatic carbocycles. The molecule has 4 rings (SSSR count). The van der Waals surface area contributed by atoms with Crippen molar-refractivity contribution in [3.63, 3.8) is 0 Å². The highest BCUT2D eigenvalue weighted by molar-refractivity contribution is 9.08. The molecule has 0 aliphatic heterocycles. The van der Waals surface area contributed by atoms with Crippen LogP contribution in [-0.4, -0.2) is 4.98 Å². The molecule has 0 unspecified atom stereocenters. The van der Waals surface area contributed by atoms with Crippen LogP contribution in [0.3, 0.4) is 0 Å². The zero-order valence-corrected chi connectivity index (χ0v) is 14.0. The first-order valence-electron chi connectivity index (χ1n) is 7.45. The first-order chi connectivity index (χ1) is 11.3. The molecule has 0 fully saturated rings. The number of benzene rings is 3. The van der Waals surface area contributed by atoms with Crippen LogP contribution in [0.2, 0.25) is 0 Å². The third-order valence-corrected chi connectivity index (χ3v) is 4.50. The van der Waals surface area contributed by atoms with Crippen molar-refractivity contribution in [1.29, 1.82) is 0 Å². The maximum Gasteiger partial charge on any atom is 0.227 e. The van der Waals surface area contributed by atoms with E-state index in [2.05, 4.69) is 57.3 Å². The molecular weight excluding hydrogens is 350 g/mol. The van der Waals surface area contributed by atoms with Gasteiger partial charge in [-0.1, -0.05) is 64.5 Å². The van der Waals surface area contributed by atoms with E-state index >= 15 is 0 Å². The summed E-state index contributed by atoms with van der Waals surface area (Å²) in [6.07, 6.45) is 0. The number of alkyl halides is 1. The van der Waals surface area contributed by atoms with Gasteiger partial charge in [0, 0.05) is 10.9 Å². The molecule has 1 heterocycles. The molecule has 0 radical (unpaired) electrons. The van der Waals surface area contributed by atoms with Gasteiger partial charge in [-0.2, -0.15) is 0 Å².